The molecule has 0 saturated carbocycles. The molecule has 0 aliphatic carbocycles. The van der Waals surface area contributed by atoms with Gasteiger partial charge >= 0.3 is 5.97 Å². The van der Waals surface area contributed by atoms with Gasteiger partial charge in [-0.2, -0.15) is 0 Å². The molecule has 76 valence electrons. The third-order valence-electron chi connectivity index (χ3n) is 1.47. The molecule has 15 heavy (non-hydrogen) atoms. The van der Waals surface area contributed by atoms with Gasteiger partial charge in [-0.15, -0.1) is 10.2 Å². The Balaban J connectivity index is 2.22. The normalized spacial score (nSPS) is 10.1. The summed E-state index contributed by atoms with van der Waals surface area (Å²) in [5.41, 5.74) is 1.65. The molecule has 0 bridgehead atoms. The standard InChI is InChI=1S/C8H5N3O2S2/c12-7(13)5-2-1-3-6(10-5)15-8-11-9-4-14-8/h1-4H,(H,12,13). The maximum atomic E-state index is 10.7. The minimum Gasteiger partial charge on any atom is -0.477 e. The summed E-state index contributed by atoms with van der Waals surface area (Å²) in [5, 5.41) is 16.9. The van der Waals surface area contributed by atoms with E-state index in [1.165, 1.54) is 29.2 Å². The number of aromatic nitrogens is 3. The summed E-state index contributed by atoms with van der Waals surface area (Å²) in [6.45, 7) is 0. The van der Waals surface area contributed by atoms with Crippen LogP contribution >= 0.6 is 23.1 Å². The summed E-state index contributed by atoms with van der Waals surface area (Å²) in [4.78, 5) is 14.6. The first-order chi connectivity index (χ1) is 7.25. The summed E-state index contributed by atoms with van der Waals surface area (Å²) in [6, 6.07) is 4.84. The summed E-state index contributed by atoms with van der Waals surface area (Å²) >= 11 is 2.68. The fraction of sp³-hybridized carbons (Fsp3) is 0. The molecule has 0 aliphatic rings. The van der Waals surface area contributed by atoms with Crippen molar-refractivity contribution in [3.63, 3.8) is 0 Å². The van der Waals surface area contributed by atoms with E-state index in [4.69, 9.17) is 5.11 Å². The average Bonchev–Trinajstić information content (AvgIpc) is 2.71. The molecular formula is C8H5N3O2S2. The lowest BCUT2D eigenvalue weighted by molar-refractivity contribution is 0.0689. The van der Waals surface area contributed by atoms with Crippen molar-refractivity contribution in [2.45, 2.75) is 9.37 Å². The van der Waals surface area contributed by atoms with Crippen LogP contribution in [0.15, 0.2) is 33.1 Å². The van der Waals surface area contributed by atoms with Crippen LogP contribution in [0.1, 0.15) is 10.5 Å². The van der Waals surface area contributed by atoms with Crippen molar-refractivity contribution in [3.05, 3.63) is 29.4 Å². The maximum Gasteiger partial charge on any atom is 0.354 e. The molecule has 2 aromatic heterocycles. The number of carboxylic acid groups (broad SMARTS) is 1. The van der Waals surface area contributed by atoms with Crippen LogP contribution in [-0.4, -0.2) is 26.3 Å². The highest BCUT2D eigenvalue weighted by atomic mass is 32.2. The fourth-order valence-corrected chi connectivity index (χ4v) is 2.30. The highest BCUT2D eigenvalue weighted by Crippen LogP contribution is 2.26. The van der Waals surface area contributed by atoms with E-state index in [9.17, 15) is 4.79 Å². The zero-order valence-corrected chi connectivity index (χ0v) is 8.96. The molecule has 7 heteroatoms. The molecule has 2 heterocycles. The van der Waals surface area contributed by atoms with Gasteiger partial charge in [-0.25, -0.2) is 9.78 Å². The topological polar surface area (TPSA) is 76.0 Å². The molecular weight excluding hydrogens is 234 g/mol. The van der Waals surface area contributed by atoms with E-state index in [-0.39, 0.29) is 5.69 Å². The molecule has 5 nitrogen and oxygen atoms in total. The Kier molecular flexibility index (Phi) is 2.93. The van der Waals surface area contributed by atoms with Crippen LogP contribution in [0.5, 0.6) is 0 Å². The van der Waals surface area contributed by atoms with Gasteiger partial charge in [0.2, 0.25) is 0 Å². The summed E-state index contributed by atoms with van der Waals surface area (Å²) < 4.78 is 0.741. The average molecular weight is 239 g/mol. The molecule has 0 spiro atoms. The minimum absolute atomic E-state index is 0.0320. The number of nitrogens with zero attached hydrogens (tertiary/aromatic N) is 3. The van der Waals surface area contributed by atoms with Gasteiger partial charge in [-0.05, 0) is 23.9 Å². The number of hydrogen-bond acceptors (Lipinski definition) is 6. The number of aromatic carboxylic acids is 1. The van der Waals surface area contributed by atoms with Gasteiger partial charge in [-0.1, -0.05) is 17.4 Å². The van der Waals surface area contributed by atoms with Crippen LogP contribution < -0.4 is 0 Å². The Hall–Kier alpha value is -1.47. The van der Waals surface area contributed by atoms with Crippen LogP contribution in [0.3, 0.4) is 0 Å². The van der Waals surface area contributed by atoms with E-state index in [0.29, 0.717) is 5.03 Å². The first-order valence-corrected chi connectivity index (χ1v) is 5.59. The Labute approximate surface area is 93.2 Å². The van der Waals surface area contributed by atoms with Crippen LogP contribution in [0.4, 0.5) is 0 Å². The monoisotopic (exact) mass is 239 g/mol. The lowest BCUT2D eigenvalue weighted by Gasteiger charge is -1.97. The van der Waals surface area contributed by atoms with Gasteiger partial charge in [0.1, 0.15) is 16.2 Å². The molecule has 0 aromatic carbocycles. The van der Waals surface area contributed by atoms with Gasteiger partial charge in [0.05, 0.1) is 0 Å². The predicted octanol–water partition coefficient (Wildman–Crippen LogP) is 1.78. The van der Waals surface area contributed by atoms with Gasteiger partial charge in [-0.3, -0.25) is 0 Å². The quantitative estimate of drug-likeness (QED) is 0.879. The van der Waals surface area contributed by atoms with Gasteiger partial charge in [0.25, 0.3) is 0 Å². The second-order valence-corrected chi connectivity index (χ2v) is 4.57. The fourth-order valence-electron chi connectivity index (χ4n) is 0.888. The van der Waals surface area contributed by atoms with Crippen molar-refractivity contribution in [2.75, 3.05) is 0 Å². The number of carboxylic acids is 1. The van der Waals surface area contributed by atoms with E-state index in [2.05, 4.69) is 15.2 Å². The van der Waals surface area contributed by atoms with Gasteiger partial charge in [0, 0.05) is 0 Å². The molecule has 2 aromatic rings. The molecule has 0 fully saturated rings. The van der Waals surface area contributed by atoms with E-state index in [1.54, 1.807) is 17.6 Å². The van der Waals surface area contributed by atoms with Crippen molar-refractivity contribution >= 4 is 29.1 Å². The SMILES string of the molecule is O=C(O)c1cccc(Sc2nncs2)n1. The molecule has 0 atom stereocenters. The number of carbonyl (C=O) groups is 1. The molecule has 0 amide bonds. The smallest absolute Gasteiger partial charge is 0.354 e. The van der Waals surface area contributed by atoms with Crippen molar-refractivity contribution in [1.82, 2.24) is 15.2 Å². The molecule has 1 N–H and O–H groups in total. The lowest BCUT2D eigenvalue weighted by atomic mass is 10.4. The van der Waals surface area contributed by atoms with Crippen molar-refractivity contribution < 1.29 is 9.90 Å². The first-order valence-electron chi connectivity index (χ1n) is 3.90. The van der Waals surface area contributed by atoms with E-state index < -0.39 is 5.97 Å². The lowest BCUT2D eigenvalue weighted by Crippen LogP contribution is -1.99. The Bertz CT molecular complexity index is 472. The number of rotatable bonds is 3. The second-order valence-electron chi connectivity index (χ2n) is 2.47. The van der Waals surface area contributed by atoms with Crippen LogP contribution in [-0.2, 0) is 0 Å². The molecule has 0 saturated heterocycles. The third-order valence-corrected chi connectivity index (χ3v) is 3.19. The van der Waals surface area contributed by atoms with Crippen LogP contribution in [0, 0.1) is 0 Å². The third kappa shape index (κ3) is 2.51. The Morgan fingerprint density at radius 3 is 3.00 bits per heavy atom. The predicted molar refractivity (Wildman–Crippen MR) is 55.2 cm³/mol. The molecule has 0 radical (unpaired) electrons. The molecule has 2 rings (SSSR count). The van der Waals surface area contributed by atoms with E-state index in [1.807, 2.05) is 0 Å². The summed E-state index contributed by atoms with van der Waals surface area (Å²) in [5.74, 6) is -1.03. The highest BCUT2D eigenvalue weighted by molar-refractivity contribution is 8.00. The Morgan fingerprint density at radius 1 is 1.47 bits per heavy atom. The minimum atomic E-state index is -1.03. The van der Waals surface area contributed by atoms with E-state index >= 15 is 0 Å². The Morgan fingerprint density at radius 2 is 2.33 bits per heavy atom. The maximum absolute atomic E-state index is 10.7. The molecule has 0 unspecified atom stereocenters. The largest absolute Gasteiger partial charge is 0.477 e. The zero-order chi connectivity index (χ0) is 10.7. The second kappa shape index (κ2) is 4.37. The van der Waals surface area contributed by atoms with Crippen molar-refractivity contribution in [1.29, 1.82) is 0 Å². The van der Waals surface area contributed by atoms with E-state index in [0.717, 1.165) is 4.34 Å². The van der Waals surface area contributed by atoms with Crippen molar-refractivity contribution in [2.24, 2.45) is 0 Å². The number of pyridine rings is 1. The van der Waals surface area contributed by atoms with Crippen LogP contribution in [0.25, 0.3) is 0 Å². The van der Waals surface area contributed by atoms with Gasteiger partial charge in [0.15, 0.2) is 4.34 Å². The molecule has 0 aliphatic heterocycles. The van der Waals surface area contributed by atoms with Crippen LogP contribution in [0.2, 0.25) is 0 Å². The zero-order valence-electron chi connectivity index (χ0n) is 7.32. The highest BCUT2D eigenvalue weighted by Gasteiger charge is 2.07. The summed E-state index contributed by atoms with van der Waals surface area (Å²) in [7, 11) is 0. The number of hydrogen-bond donors (Lipinski definition) is 1. The first kappa shape index (κ1) is 10.1. The summed E-state index contributed by atoms with van der Waals surface area (Å²) in [6.07, 6.45) is 0. The van der Waals surface area contributed by atoms with Gasteiger partial charge < -0.3 is 5.11 Å². The van der Waals surface area contributed by atoms with Crippen molar-refractivity contribution in [3.8, 4) is 0 Å².